The fraction of sp³-hybridized carbons (Fsp3) is 0.611. The van der Waals surface area contributed by atoms with E-state index in [1.165, 1.54) is 0 Å². The second-order valence-corrected chi connectivity index (χ2v) is 6.64. The normalized spacial score (nSPS) is 21.2. The van der Waals surface area contributed by atoms with Crippen LogP contribution in [0, 0.1) is 5.92 Å². The highest BCUT2D eigenvalue weighted by molar-refractivity contribution is 5.78. The van der Waals surface area contributed by atoms with Crippen LogP contribution in [0.25, 0.3) is 0 Å². The molecule has 0 radical (unpaired) electrons. The molecule has 1 aliphatic rings. The fourth-order valence-electron chi connectivity index (χ4n) is 2.89. The predicted octanol–water partition coefficient (Wildman–Crippen LogP) is 1.76. The molecule has 1 saturated carbocycles. The van der Waals surface area contributed by atoms with Crippen molar-refractivity contribution in [1.29, 1.82) is 0 Å². The van der Waals surface area contributed by atoms with Gasteiger partial charge in [-0.1, -0.05) is 18.6 Å². The highest BCUT2D eigenvalue weighted by atomic mass is 16.5. The van der Waals surface area contributed by atoms with E-state index in [1.54, 1.807) is 0 Å². The van der Waals surface area contributed by atoms with E-state index in [0.717, 1.165) is 43.5 Å². The fourth-order valence-corrected chi connectivity index (χ4v) is 2.89. The third kappa shape index (κ3) is 6.20. The second kappa shape index (κ2) is 8.89. The number of nitrogens with zero attached hydrogens (tertiary/aromatic N) is 1. The Morgan fingerprint density at radius 3 is 2.96 bits per heavy atom. The molecule has 2 rings (SSSR count). The van der Waals surface area contributed by atoms with Crippen molar-refractivity contribution in [3.8, 4) is 5.75 Å². The molecule has 0 saturated heterocycles. The molecule has 3 N–H and O–H groups in total. The second-order valence-electron chi connectivity index (χ2n) is 6.64. The van der Waals surface area contributed by atoms with Gasteiger partial charge >= 0.3 is 0 Å². The molecule has 1 aromatic carbocycles. The van der Waals surface area contributed by atoms with Gasteiger partial charge in [-0.3, -0.25) is 4.79 Å². The third-order valence-corrected chi connectivity index (χ3v) is 4.26. The number of hydrogen-bond donors (Lipinski definition) is 2. The summed E-state index contributed by atoms with van der Waals surface area (Å²) in [5, 5.41) is 3.03. The van der Waals surface area contributed by atoms with Gasteiger partial charge in [0, 0.05) is 25.0 Å². The van der Waals surface area contributed by atoms with Gasteiger partial charge < -0.3 is 20.7 Å². The van der Waals surface area contributed by atoms with Crippen LogP contribution in [0.1, 0.15) is 31.2 Å². The summed E-state index contributed by atoms with van der Waals surface area (Å²) in [6.45, 7) is 2.07. The Balaban J connectivity index is 1.79. The minimum atomic E-state index is 0.0678. The molecule has 23 heavy (non-hydrogen) atoms. The smallest absolute Gasteiger partial charge is 0.223 e. The molecule has 1 amide bonds. The average molecular weight is 319 g/mol. The van der Waals surface area contributed by atoms with E-state index < -0.39 is 0 Å². The highest BCUT2D eigenvalue weighted by Gasteiger charge is 2.24. The first kappa shape index (κ1) is 17.8. The van der Waals surface area contributed by atoms with Crippen LogP contribution in [0.2, 0.25) is 0 Å². The van der Waals surface area contributed by atoms with Gasteiger partial charge in [0.05, 0.1) is 0 Å². The van der Waals surface area contributed by atoms with Gasteiger partial charge in [0.2, 0.25) is 5.91 Å². The van der Waals surface area contributed by atoms with E-state index in [-0.39, 0.29) is 17.9 Å². The molecule has 5 nitrogen and oxygen atoms in total. The zero-order valence-corrected chi connectivity index (χ0v) is 14.3. The first-order valence-corrected chi connectivity index (χ1v) is 8.44. The number of ether oxygens (including phenoxy) is 1. The van der Waals surface area contributed by atoms with Crippen molar-refractivity contribution in [3.05, 3.63) is 29.8 Å². The van der Waals surface area contributed by atoms with Crippen molar-refractivity contribution in [1.82, 2.24) is 10.2 Å². The number of hydrogen-bond acceptors (Lipinski definition) is 4. The zero-order chi connectivity index (χ0) is 16.7. The van der Waals surface area contributed by atoms with E-state index >= 15 is 0 Å². The molecule has 128 valence electrons. The largest absolute Gasteiger partial charge is 0.492 e. The van der Waals surface area contributed by atoms with Gasteiger partial charge in [-0.15, -0.1) is 0 Å². The zero-order valence-electron chi connectivity index (χ0n) is 14.3. The van der Waals surface area contributed by atoms with Crippen molar-refractivity contribution < 1.29 is 9.53 Å². The van der Waals surface area contributed by atoms with E-state index in [4.69, 9.17) is 10.5 Å². The summed E-state index contributed by atoms with van der Waals surface area (Å²) in [6.07, 6.45) is 3.84. The van der Waals surface area contributed by atoms with E-state index in [2.05, 4.69) is 10.2 Å². The van der Waals surface area contributed by atoms with Gasteiger partial charge in [0.15, 0.2) is 0 Å². The quantitative estimate of drug-likeness (QED) is 0.803. The molecule has 0 heterocycles. The van der Waals surface area contributed by atoms with Crippen LogP contribution in [-0.4, -0.2) is 44.1 Å². The topological polar surface area (TPSA) is 67.6 Å². The van der Waals surface area contributed by atoms with Crippen molar-refractivity contribution in [2.45, 2.75) is 38.3 Å². The Morgan fingerprint density at radius 2 is 2.22 bits per heavy atom. The van der Waals surface area contributed by atoms with Gasteiger partial charge in [-0.2, -0.15) is 0 Å². The molecule has 1 fully saturated rings. The molecule has 0 aliphatic heterocycles. The van der Waals surface area contributed by atoms with Crippen molar-refractivity contribution in [3.63, 3.8) is 0 Å². The SMILES string of the molecule is CN(C)CCOc1cccc(CNC(=O)C2CCCC(N)C2)c1. The summed E-state index contributed by atoms with van der Waals surface area (Å²) >= 11 is 0. The minimum Gasteiger partial charge on any atom is -0.492 e. The molecule has 1 aromatic rings. The maximum absolute atomic E-state index is 12.2. The number of benzene rings is 1. The Morgan fingerprint density at radius 1 is 1.39 bits per heavy atom. The molecular weight excluding hydrogens is 290 g/mol. The summed E-state index contributed by atoms with van der Waals surface area (Å²) in [6, 6.07) is 8.08. The van der Waals surface area contributed by atoms with Gasteiger partial charge in [0.1, 0.15) is 12.4 Å². The average Bonchev–Trinajstić information content (AvgIpc) is 2.52. The lowest BCUT2D eigenvalue weighted by atomic mass is 9.85. The molecular formula is C18H29N3O2. The van der Waals surface area contributed by atoms with Crippen molar-refractivity contribution in [2.24, 2.45) is 11.7 Å². The van der Waals surface area contributed by atoms with Crippen LogP contribution in [0.4, 0.5) is 0 Å². The Bertz CT molecular complexity index is 505. The molecule has 0 bridgehead atoms. The third-order valence-electron chi connectivity index (χ3n) is 4.26. The summed E-state index contributed by atoms with van der Waals surface area (Å²) in [4.78, 5) is 14.3. The maximum Gasteiger partial charge on any atom is 0.223 e. The van der Waals surface area contributed by atoms with Crippen LogP contribution >= 0.6 is 0 Å². The van der Waals surface area contributed by atoms with Gasteiger partial charge in [-0.25, -0.2) is 0 Å². The first-order chi connectivity index (χ1) is 11.0. The minimum absolute atomic E-state index is 0.0678. The number of likely N-dealkylation sites (N-methyl/N-ethyl adjacent to an activating group) is 1. The maximum atomic E-state index is 12.2. The highest BCUT2D eigenvalue weighted by Crippen LogP contribution is 2.23. The lowest BCUT2D eigenvalue weighted by Gasteiger charge is -2.25. The van der Waals surface area contributed by atoms with Crippen LogP contribution in [0.3, 0.4) is 0 Å². The number of rotatable bonds is 7. The lowest BCUT2D eigenvalue weighted by Crippen LogP contribution is -2.37. The number of nitrogens with one attached hydrogen (secondary N) is 1. The van der Waals surface area contributed by atoms with Crippen LogP contribution < -0.4 is 15.8 Å². The standard InChI is InChI=1S/C18H29N3O2/c1-21(2)9-10-23-17-8-3-5-14(11-17)13-20-18(22)15-6-4-7-16(19)12-15/h3,5,8,11,15-16H,4,6-7,9-10,12-13,19H2,1-2H3,(H,20,22). The number of carbonyl (C=O) groups excluding carboxylic acids is 1. The van der Waals surface area contributed by atoms with Gasteiger partial charge in [-0.05, 0) is 51.1 Å². The molecule has 0 spiro atoms. The lowest BCUT2D eigenvalue weighted by molar-refractivity contribution is -0.126. The summed E-state index contributed by atoms with van der Waals surface area (Å²) in [7, 11) is 4.04. The van der Waals surface area contributed by atoms with E-state index in [1.807, 2.05) is 38.4 Å². The molecule has 5 heteroatoms. The van der Waals surface area contributed by atoms with Crippen molar-refractivity contribution in [2.75, 3.05) is 27.2 Å². The summed E-state index contributed by atoms with van der Waals surface area (Å²) in [5.41, 5.74) is 7.01. The predicted molar refractivity (Wildman–Crippen MR) is 92.3 cm³/mol. The van der Waals surface area contributed by atoms with Crippen LogP contribution in [0.15, 0.2) is 24.3 Å². The van der Waals surface area contributed by atoms with E-state index in [9.17, 15) is 4.79 Å². The molecule has 0 aromatic heterocycles. The Kier molecular flexibility index (Phi) is 6.86. The van der Waals surface area contributed by atoms with Crippen LogP contribution in [-0.2, 0) is 11.3 Å². The molecule has 2 unspecified atom stereocenters. The monoisotopic (exact) mass is 319 g/mol. The number of nitrogens with two attached hydrogens (primary N) is 1. The van der Waals surface area contributed by atoms with Crippen LogP contribution in [0.5, 0.6) is 5.75 Å². The Labute approximate surface area is 139 Å². The first-order valence-electron chi connectivity index (χ1n) is 8.44. The summed E-state index contributed by atoms with van der Waals surface area (Å²) < 4.78 is 5.72. The van der Waals surface area contributed by atoms with Crippen molar-refractivity contribution >= 4 is 5.91 Å². The Hall–Kier alpha value is -1.59. The van der Waals surface area contributed by atoms with Gasteiger partial charge in [0.25, 0.3) is 0 Å². The molecule has 1 aliphatic carbocycles. The number of carbonyl (C=O) groups is 1. The number of amides is 1. The van der Waals surface area contributed by atoms with E-state index in [0.29, 0.717) is 13.2 Å². The molecule has 2 atom stereocenters. The summed E-state index contributed by atoms with van der Waals surface area (Å²) in [5.74, 6) is 1.04.